The molecule has 2 aromatic rings. The third kappa shape index (κ3) is 4.24. The van der Waals surface area contributed by atoms with Gasteiger partial charge in [0.25, 0.3) is 0 Å². The molecule has 1 aromatic heterocycles. The minimum atomic E-state index is -4.43. The van der Waals surface area contributed by atoms with Gasteiger partial charge in [0.15, 0.2) is 11.0 Å². The summed E-state index contributed by atoms with van der Waals surface area (Å²) in [6, 6.07) is 4.90. The first kappa shape index (κ1) is 17.8. The molecule has 0 unspecified atom stereocenters. The third-order valence-corrected chi connectivity index (χ3v) is 4.26. The van der Waals surface area contributed by atoms with E-state index in [-0.39, 0.29) is 6.54 Å². The molecule has 2 rings (SSSR count). The number of aliphatic hydroxyl groups is 1. The SMILES string of the molecule is CC[C@H](O)CSc1nnc(CN)n1-c1cccc(C(F)(F)F)c1. The van der Waals surface area contributed by atoms with Gasteiger partial charge in [-0.1, -0.05) is 24.8 Å². The lowest BCUT2D eigenvalue weighted by atomic mass is 10.2. The number of hydrogen-bond donors (Lipinski definition) is 2. The van der Waals surface area contributed by atoms with E-state index in [2.05, 4.69) is 10.2 Å². The molecule has 0 saturated carbocycles. The molecular formula is C14H17F3N4OS. The summed E-state index contributed by atoms with van der Waals surface area (Å²) in [5, 5.41) is 17.9. The van der Waals surface area contributed by atoms with Gasteiger partial charge in [0.2, 0.25) is 0 Å². The van der Waals surface area contributed by atoms with Crippen molar-refractivity contribution in [1.29, 1.82) is 0 Å². The van der Waals surface area contributed by atoms with E-state index < -0.39 is 17.8 Å². The highest BCUT2D eigenvalue weighted by atomic mass is 32.2. The predicted molar refractivity (Wildman–Crippen MR) is 81.3 cm³/mol. The standard InChI is InChI=1S/C14H17F3N4OS/c1-2-11(22)8-23-13-20-19-12(7-18)21(13)10-5-3-4-9(6-10)14(15,16)17/h3-6,11,22H,2,7-8,18H2,1H3/t11-/m0/s1. The molecule has 0 radical (unpaired) electrons. The molecule has 5 nitrogen and oxygen atoms in total. The van der Waals surface area contributed by atoms with E-state index in [1.165, 1.54) is 28.5 Å². The Morgan fingerprint density at radius 3 is 2.70 bits per heavy atom. The fourth-order valence-electron chi connectivity index (χ4n) is 1.90. The first-order chi connectivity index (χ1) is 10.9. The number of halogens is 3. The summed E-state index contributed by atoms with van der Waals surface area (Å²) in [4.78, 5) is 0. The van der Waals surface area contributed by atoms with Crippen LogP contribution in [0.2, 0.25) is 0 Å². The Morgan fingerprint density at radius 2 is 2.09 bits per heavy atom. The van der Waals surface area contributed by atoms with Crippen LogP contribution in [0.1, 0.15) is 24.7 Å². The molecule has 0 bridgehead atoms. The molecule has 0 saturated heterocycles. The average molecular weight is 346 g/mol. The van der Waals surface area contributed by atoms with Crippen LogP contribution in [0.25, 0.3) is 5.69 Å². The van der Waals surface area contributed by atoms with Crippen molar-refractivity contribution in [2.75, 3.05) is 5.75 Å². The maximum atomic E-state index is 12.9. The summed E-state index contributed by atoms with van der Waals surface area (Å²) in [5.74, 6) is 0.732. The molecule has 126 valence electrons. The molecule has 0 amide bonds. The Kier molecular flexibility index (Phi) is 5.66. The van der Waals surface area contributed by atoms with E-state index >= 15 is 0 Å². The quantitative estimate of drug-likeness (QED) is 0.786. The van der Waals surface area contributed by atoms with E-state index in [1.54, 1.807) is 0 Å². The Labute approximate surface area is 135 Å². The molecule has 3 N–H and O–H groups in total. The Bertz CT molecular complexity index is 660. The van der Waals surface area contributed by atoms with E-state index in [1.807, 2.05) is 6.92 Å². The second-order valence-corrected chi connectivity index (χ2v) is 5.85. The number of alkyl halides is 3. The topological polar surface area (TPSA) is 77.0 Å². The molecule has 1 aromatic carbocycles. The summed E-state index contributed by atoms with van der Waals surface area (Å²) >= 11 is 1.23. The second kappa shape index (κ2) is 7.33. The van der Waals surface area contributed by atoms with Crippen molar-refractivity contribution in [2.45, 2.75) is 37.3 Å². The first-order valence-corrected chi connectivity index (χ1v) is 7.98. The molecular weight excluding hydrogens is 329 g/mol. The number of thioether (sulfide) groups is 1. The van der Waals surface area contributed by atoms with Gasteiger partial charge in [-0.05, 0) is 24.6 Å². The zero-order valence-electron chi connectivity index (χ0n) is 12.4. The minimum absolute atomic E-state index is 0.0418. The number of nitrogens with two attached hydrogens (primary N) is 1. The summed E-state index contributed by atoms with van der Waals surface area (Å²) in [5.41, 5.74) is 5.14. The lowest BCUT2D eigenvalue weighted by molar-refractivity contribution is -0.137. The predicted octanol–water partition coefficient (Wildman–Crippen LogP) is 2.61. The highest BCUT2D eigenvalue weighted by molar-refractivity contribution is 7.99. The fourth-order valence-corrected chi connectivity index (χ4v) is 2.91. The van der Waals surface area contributed by atoms with Crippen LogP contribution in [0.15, 0.2) is 29.4 Å². The molecule has 1 heterocycles. The maximum Gasteiger partial charge on any atom is 0.416 e. The summed E-state index contributed by atoms with van der Waals surface area (Å²) in [6.45, 7) is 1.88. The van der Waals surface area contributed by atoms with E-state index in [4.69, 9.17) is 5.73 Å². The third-order valence-electron chi connectivity index (χ3n) is 3.19. The van der Waals surface area contributed by atoms with Crippen molar-refractivity contribution in [1.82, 2.24) is 14.8 Å². The summed E-state index contributed by atoms with van der Waals surface area (Å²) in [7, 11) is 0. The Hall–Kier alpha value is -1.58. The fraction of sp³-hybridized carbons (Fsp3) is 0.429. The largest absolute Gasteiger partial charge is 0.416 e. The van der Waals surface area contributed by atoms with Crippen molar-refractivity contribution in [2.24, 2.45) is 5.73 Å². The smallest absolute Gasteiger partial charge is 0.392 e. The van der Waals surface area contributed by atoms with Crippen LogP contribution < -0.4 is 5.73 Å². The van der Waals surface area contributed by atoms with Gasteiger partial charge in [-0.3, -0.25) is 4.57 Å². The molecule has 9 heteroatoms. The number of aromatic nitrogens is 3. The molecule has 23 heavy (non-hydrogen) atoms. The van der Waals surface area contributed by atoms with Gasteiger partial charge < -0.3 is 10.8 Å². The zero-order chi connectivity index (χ0) is 17.0. The van der Waals surface area contributed by atoms with Crippen molar-refractivity contribution in [3.63, 3.8) is 0 Å². The van der Waals surface area contributed by atoms with Crippen molar-refractivity contribution >= 4 is 11.8 Å². The van der Waals surface area contributed by atoms with Gasteiger partial charge in [-0.2, -0.15) is 13.2 Å². The number of aliphatic hydroxyl groups excluding tert-OH is 1. The van der Waals surface area contributed by atoms with Crippen molar-refractivity contribution in [3.05, 3.63) is 35.7 Å². The average Bonchev–Trinajstić information content (AvgIpc) is 2.94. The number of benzene rings is 1. The second-order valence-electron chi connectivity index (χ2n) is 4.86. The summed E-state index contributed by atoms with van der Waals surface area (Å²) < 4.78 is 40.2. The monoisotopic (exact) mass is 346 g/mol. The van der Waals surface area contributed by atoms with Gasteiger partial charge in [0, 0.05) is 5.75 Å². The number of rotatable bonds is 6. The first-order valence-electron chi connectivity index (χ1n) is 6.99. The molecule has 0 spiro atoms. The molecule has 0 aliphatic rings. The van der Waals surface area contributed by atoms with E-state index in [0.29, 0.717) is 28.8 Å². The van der Waals surface area contributed by atoms with Gasteiger partial charge in [0.1, 0.15) is 0 Å². The van der Waals surface area contributed by atoms with Gasteiger partial charge >= 0.3 is 6.18 Å². The maximum absolute atomic E-state index is 12.9. The van der Waals surface area contributed by atoms with E-state index in [0.717, 1.165) is 12.1 Å². The zero-order valence-corrected chi connectivity index (χ0v) is 13.2. The molecule has 0 aliphatic heterocycles. The van der Waals surface area contributed by atoms with Crippen LogP contribution in [-0.4, -0.2) is 31.7 Å². The molecule has 0 fully saturated rings. The van der Waals surface area contributed by atoms with Crippen molar-refractivity contribution in [3.8, 4) is 5.69 Å². The van der Waals surface area contributed by atoms with Crippen LogP contribution in [0.5, 0.6) is 0 Å². The highest BCUT2D eigenvalue weighted by Crippen LogP contribution is 2.31. The lowest BCUT2D eigenvalue weighted by Gasteiger charge is -2.13. The van der Waals surface area contributed by atoms with Crippen LogP contribution in [0.3, 0.4) is 0 Å². The minimum Gasteiger partial charge on any atom is -0.392 e. The molecule has 0 aliphatic carbocycles. The molecule has 1 atom stereocenters. The Balaban J connectivity index is 2.39. The number of hydrogen-bond acceptors (Lipinski definition) is 5. The van der Waals surface area contributed by atoms with Gasteiger partial charge in [-0.25, -0.2) is 0 Å². The van der Waals surface area contributed by atoms with Crippen LogP contribution in [0.4, 0.5) is 13.2 Å². The summed E-state index contributed by atoms with van der Waals surface area (Å²) in [6.07, 6.45) is -4.37. The highest BCUT2D eigenvalue weighted by Gasteiger charge is 2.31. The van der Waals surface area contributed by atoms with E-state index in [9.17, 15) is 18.3 Å². The van der Waals surface area contributed by atoms with Crippen LogP contribution >= 0.6 is 11.8 Å². The Morgan fingerprint density at radius 1 is 1.35 bits per heavy atom. The van der Waals surface area contributed by atoms with Gasteiger partial charge in [-0.15, -0.1) is 10.2 Å². The van der Waals surface area contributed by atoms with Gasteiger partial charge in [0.05, 0.1) is 23.9 Å². The van der Waals surface area contributed by atoms with Crippen molar-refractivity contribution < 1.29 is 18.3 Å². The lowest BCUT2D eigenvalue weighted by Crippen LogP contribution is -2.12. The van der Waals surface area contributed by atoms with Crippen LogP contribution in [0, 0.1) is 0 Å². The van der Waals surface area contributed by atoms with Crippen LogP contribution in [-0.2, 0) is 12.7 Å². The normalized spacial score (nSPS) is 13.3. The number of nitrogens with zero attached hydrogens (tertiary/aromatic N) is 3.